The minimum absolute atomic E-state index is 0.235. The van der Waals surface area contributed by atoms with Crippen LogP contribution in [-0.2, 0) is 0 Å². The van der Waals surface area contributed by atoms with E-state index >= 15 is 0 Å². The van der Waals surface area contributed by atoms with Crippen molar-refractivity contribution in [3.8, 4) is 17.0 Å². The first-order valence-corrected chi connectivity index (χ1v) is 9.36. The van der Waals surface area contributed by atoms with Crippen molar-refractivity contribution in [1.29, 1.82) is 0 Å². The third kappa shape index (κ3) is 4.33. The van der Waals surface area contributed by atoms with E-state index in [2.05, 4.69) is 30.2 Å². The van der Waals surface area contributed by atoms with Gasteiger partial charge < -0.3 is 15.0 Å². The molecule has 11 heteroatoms. The van der Waals surface area contributed by atoms with Crippen molar-refractivity contribution >= 4 is 34.2 Å². The van der Waals surface area contributed by atoms with Crippen LogP contribution in [0.4, 0.5) is 18.9 Å². The van der Waals surface area contributed by atoms with Crippen LogP contribution in [0.5, 0.6) is 5.75 Å². The number of H-pyrrole nitrogens is 2. The first kappa shape index (κ1) is 20.7. The van der Waals surface area contributed by atoms with Crippen LogP contribution in [0, 0.1) is 13.8 Å². The van der Waals surface area contributed by atoms with E-state index in [1.807, 2.05) is 6.92 Å². The van der Waals surface area contributed by atoms with Crippen molar-refractivity contribution in [3.05, 3.63) is 58.5 Å². The van der Waals surface area contributed by atoms with Crippen LogP contribution >= 0.6 is 11.6 Å². The number of aromatic nitrogens is 4. The fourth-order valence-electron chi connectivity index (χ4n) is 3.03. The maximum atomic E-state index is 12.5. The lowest BCUT2D eigenvalue weighted by Gasteiger charge is -2.10. The molecule has 0 atom stereocenters. The van der Waals surface area contributed by atoms with E-state index in [0.29, 0.717) is 28.0 Å². The van der Waals surface area contributed by atoms with Gasteiger partial charge in [-0.2, -0.15) is 5.10 Å². The fourth-order valence-corrected chi connectivity index (χ4v) is 3.25. The van der Waals surface area contributed by atoms with Crippen molar-refractivity contribution < 1.29 is 22.7 Å². The third-order valence-electron chi connectivity index (χ3n) is 4.66. The van der Waals surface area contributed by atoms with E-state index in [1.54, 1.807) is 19.1 Å². The number of anilines is 1. The van der Waals surface area contributed by atoms with Crippen LogP contribution in [0.15, 0.2) is 36.5 Å². The minimum atomic E-state index is -4.81. The standard InChI is InChI=1S/C20H15ClF3N5O2/c1-9-10(2)28-29-17(9)19(30)26-12-5-11-6-16(27-18(11)25-8-12)14-7-13(3-4-15(14)21)31-20(22,23)24/h3-8H,1-2H3,(H,25,27)(H,26,30)(H,28,29). The Kier molecular flexibility index (Phi) is 5.10. The Bertz CT molecular complexity index is 1300. The molecule has 4 aromatic rings. The predicted molar refractivity (Wildman–Crippen MR) is 109 cm³/mol. The number of ether oxygens (including phenoxy) is 1. The molecule has 3 aromatic heterocycles. The van der Waals surface area contributed by atoms with Gasteiger partial charge in [0.2, 0.25) is 0 Å². The summed E-state index contributed by atoms with van der Waals surface area (Å²) in [6, 6.07) is 6.98. The molecule has 0 unspecified atom stereocenters. The molecule has 4 rings (SSSR count). The number of alkyl halides is 3. The largest absolute Gasteiger partial charge is 0.573 e. The van der Waals surface area contributed by atoms with Gasteiger partial charge in [0.1, 0.15) is 11.4 Å². The highest BCUT2D eigenvalue weighted by atomic mass is 35.5. The number of hydrogen-bond acceptors (Lipinski definition) is 4. The quantitative estimate of drug-likeness (QED) is 0.390. The summed E-state index contributed by atoms with van der Waals surface area (Å²) in [4.78, 5) is 19.7. The van der Waals surface area contributed by atoms with Crippen molar-refractivity contribution in [2.45, 2.75) is 20.2 Å². The Morgan fingerprint density at radius 3 is 2.65 bits per heavy atom. The number of nitrogens with one attached hydrogen (secondary N) is 3. The lowest BCUT2D eigenvalue weighted by atomic mass is 10.1. The number of fused-ring (bicyclic) bond motifs is 1. The van der Waals surface area contributed by atoms with Gasteiger partial charge in [-0.15, -0.1) is 13.2 Å². The van der Waals surface area contributed by atoms with Gasteiger partial charge >= 0.3 is 6.36 Å². The molecule has 0 radical (unpaired) electrons. The number of amides is 1. The molecule has 31 heavy (non-hydrogen) atoms. The van der Waals surface area contributed by atoms with Gasteiger partial charge in [0.25, 0.3) is 5.91 Å². The summed E-state index contributed by atoms with van der Waals surface area (Å²) in [5.74, 6) is -0.782. The molecule has 160 valence electrons. The Hall–Kier alpha value is -3.53. The number of benzene rings is 1. The highest BCUT2D eigenvalue weighted by Gasteiger charge is 2.31. The first-order chi connectivity index (χ1) is 14.6. The first-order valence-electron chi connectivity index (χ1n) is 8.98. The smallest absolute Gasteiger partial charge is 0.406 e. The van der Waals surface area contributed by atoms with Crippen LogP contribution in [0.3, 0.4) is 0 Å². The number of carbonyl (C=O) groups excluding carboxylic acids is 1. The van der Waals surface area contributed by atoms with Crippen LogP contribution in [0.1, 0.15) is 21.7 Å². The monoisotopic (exact) mass is 449 g/mol. The molecule has 1 amide bonds. The normalized spacial score (nSPS) is 11.7. The van der Waals surface area contributed by atoms with Crippen LogP contribution in [0.2, 0.25) is 5.02 Å². The summed E-state index contributed by atoms with van der Waals surface area (Å²) in [7, 11) is 0. The Balaban J connectivity index is 1.63. The summed E-state index contributed by atoms with van der Waals surface area (Å²) < 4.78 is 41.5. The molecule has 0 fully saturated rings. The van der Waals surface area contributed by atoms with Crippen molar-refractivity contribution in [1.82, 2.24) is 20.2 Å². The Labute approximate surface area is 178 Å². The molecule has 3 heterocycles. The lowest BCUT2D eigenvalue weighted by molar-refractivity contribution is -0.274. The molecule has 3 N–H and O–H groups in total. The zero-order chi connectivity index (χ0) is 22.3. The van der Waals surface area contributed by atoms with E-state index in [-0.39, 0.29) is 16.6 Å². The third-order valence-corrected chi connectivity index (χ3v) is 4.99. The van der Waals surface area contributed by atoms with Crippen LogP contribution < -0.4 is 10.1 Å². The second-order valence-corrected chi connectivity index (χ2v) is 7.22. The van der Waals surface area contributed by atoms with Gasteiger partial charge in [0.15, 0.2) is 5.69 Å². The Morgan fingerprint density at radius 2 is 1.97 bits per heavy atom. The van der Waals surface area contributed by atoms with Crippen LogP contribution in [-0.4, -0.2) is 32.4 Å². The van der Waals surface area contributed by atoms with Gasteiger partial charge in [-0.1, -0.05) is 11.6 Å². The second kappa shape index (κ2) is 7.62. The molecule has 0 aliphatic carbocycles. The molecule has 0 aliphatic heterocycles. The van der Waals surface area contributed by atoms with Gasteiger partial charge in [-0.05, 0) is 44.2 Å². The average molecular weight is 450 g/mol. The zero-order valence-electron chi connectivity index (χ0n) is 16.2. The number of carbonyl (C=O) groups is 1. The van der Waals surface area contributed by atoms with Crippen molar-refractivity contribution in [2.75, 3.05) is 5.32 Å². The molecule has 1 aromatic carbocycles. The van der Waals surface area contributed by atoms with E-state index < -0.39 is 12.1 Å². The summed E-state index contributed by atoms with van der Waals surface area (Å²) in [5.41, 5.74) is 3.48. The van der Waals surface area contributed by atoms with Crippen LogP contribution in [0.25, 0.3) is 22.3 Å². The van der Waals surface area contributed by atoms with E-state index in [4.69, 9.17) is 11.6 Å². The van der Waals surface area contributed by atoms with E-state index in [0.717, 1.165) is 17.3 Å². The molecule has 0 spiro atoms. The molecule has 7 nitrogen and oxygen atoms in total. The molecule has 0 saturated heterocycles. The summed E-state index contributed by atoms with van der Waals surface area (Å²) in [5, 5.41) is 10.3. The number of nitrogens with zero attached hydrogens (tertiary/aromatic N) is 2. The number of pyridine rings is 1. The summed E-state index contributed by atoms with van der Waals surface area (Å²) in [6.07, 6.45) is -3.36. The minimum Gasteiger partial charge on any atom is -0.406 e. The maximum Gasteiger partial charge on any atom is 0.573 e. The van der Waals surface area contributed by atoms with Crippen molar-refractivity contribution in [2.24, 2.45) is 0 Å². The topological polar surface area (TPSA) is 95.7 Å². The molecule has 0 bridgehead atoms. The number of rotatable bonds is 4. The van der Waals surface area contributed by atoms with E-state index in [1.165, 1.54) is 18.3 Å². The molecular formula is C20H15ClF3N5O2. The zero-order valence-corrected chi connectivity index (χ0v) is 16.9. The average Bonchev–Trinajstić information content (AvgIpc) is 3.25. The molecule has 0 saturated carbocycles. The van der Waals surface area contributed by atoms with Gasteiger partial charge in [0.05, 0.1) is 16.9 Å². The summed E-state index contributed by atoms with van der Waals surface area (Å²) >= 11 is 6.17. The van der Waals surface area contributed by atoms with Crippen molar-refractivity contribution in [3.63, 3.8) is 0 Å². The Morgan fingerprint density at radius 1 is 1.19 bits per heavy atom. The number of aryl methyl sites for hydroxylation is 1. The highest BCUT2D eigenvalue weighted by molar-refractivity contribution is 6.33. The molecule has 0 aliphatic rings. The van der Waals surface area contributed by atoms with Gasteiger partial charge in [-0.25, -0.2) is 4.98 Å². The molecular weight excluding hydrogens is 435 g/mol. The summed E-state index contributed by atoms with van der Waals surface area (Å²) in [6.45, 7) is 3.60. The number of halogens is 4. The maximum absolute atomic E-state index is 12.5. The van der Waals surface area contributed by atoms with E-state index in [9.17, 15) is 18.0 Å². The number of hydrogen-bond donors (Lipinski definition) is 3. The number of aromatic amines is 2. The fraction of sp³-hybridized carbons (Fsp3) is 0.150. The lowest BCUT2D eigenvalue weighted by Crippen LogP contribution is -2.17. The second-order valence-electron chi connectivity index (χ2n) is 6.81. The van der Waals surface area contributed by atoms with Gasteiger partial charge in [0, 0.05) is 27.9 Å². The predicted octanol–water partition coefficient (Wildman–Crippen LogP) is 5.37. The highest BCUT2D eigenvalue weighted by Crippen LogP contribution is 2.34. The van der Waals surface area contributed by atoms with Gasteiger partial charge in [-0.3, -0.25) is 9.89 Å². The SMILES string of the molecule is Cc1[nH]nc(C(=O)Nc2cnc3[nH]c(-c4cc(OC(F)(F)F)ccc4Cl)cc3c2)c1C.